The van der Waals surface area contributed by atoms with Gasteiger partial charge in [0.2, 0.25) is 10.0 Å². The lowest BCUT2D eigenvalue weighted by Crippen LogP contribution is -2.41. The van der Waals surface area contributed by atoms with E-state index in [4.69, 9.17) is 14.7 Å². The van der Waals surface area contributed by atoms with Crippen LogP contribution in [0, 0.1) is 17.1 Å². The van der Waals surface area contributed by atoms with Crippen LogP contribution in [0.5, 0.6) is 0 Å². The van der Waals surface area contributed by atoms with E-state index in [1.54, 1.807) is 30.3 Å². The molecule has 1 fully saturated rings. The summed E-state index contributed by atoms with van der Waals surface area (Å²) < 4.78 is 51.2. The molecule has 1 aliphatic rings. The smallest absolute Gasteiger partial charge is 0.338 e. The van der Waals surface area contributed by atoms with Crippen molar-refractivity contribution < 1.29 is 31.9 Å². The molecule has 2 aromatic rings. The molecule has 1 amide bonds. The van der Waals surface area contributed by atoms with E-state index in [1.807, 2.05) is 6.07 Å². The van der Waals surface area contributed by atoms with Gasteiger partial charge in [-0.2, -0.15) is 9.57 Å². The molecule has 11 heteroatoms. The van der Waals surface area contributed by atoms with E-state index in [-0.39, 0.29) is 44.8 Å². The fourth-order valence-corrected chi connectivity index (χ4v) is 4.71. The van der Waals surface area contributed by atoms with Gasteiger partial charge in [-0.05, 0) is 30.3 Å². The van der Waals surface area contributed by atoms with E-state index in [9.17, 15) is 22.4 Å². The SMILES string of the molecule is N#CCCN(C(=O)COC(=O)c1ccc(F)c(S(=O)(=O)N2CCOCC2)c1)c1ccccc1. The van der Waals surface area contributed by atoms with Crippen LogP contribution in [0.1, 0.15) is 16.8 Å². The molecule has 0 aromatic heterocycles. The molecular weight excluding hydrogens is 453 g/mol. The molecule has 1 aliphatic heterocycles. The third kappa shape index (κ3) is 5.92. The Kier molecular flexibility index (Phi) is 8.11. The number of esters is 1. The molecule has 0 saturated carbocycles. The van der Waals surface area contributed by atoms with Crippen LogP contribution in [0.2, 0.25) is 0 Å². The summed E-state index contributed by atoms with van der Waals surface area (Å²) in [5.41, 5.74) is 0.328. The summed E-state index contributed by atoms with van der Waals surface area (Å²) >= 11 is 0. The van der Waals surface area contributed by atoms with E-state index >= 15 is 0 Å². The standard InChI is InChI=1S/C22H22FN3O6S/c23-19-8-7-17(15-20(19)33(29,30)25-11-13-31-14-12-25)22(28)32-16-21(27)26(10-4-9-24)18-5-2-1-3-6-18/h1-3,5-8,15H,4,10-14,16H2. The Bertz CT molecular complexity index is 1140. The van der Waals surface area contributed by atoms with Gasteiger partial charge < -0.3 is 14.4 Å². The van der Waals surface area contributed by atoms with Crippen molar-refractivity contribution in [1.82, 2.24) is 4.31 Å². The Morgan fingerprint density at radius 2 is 1.85 bits per heavy atom. The summed E-state index contributed by atoms with van der Waals surface area (Å²) in [5.74, 6) is -2.54. The van der Waals surface area contributed by atoms with Crippen molar-refractivity contribution >= 4 is 27.6 Å². The minimum absolute atomic E-state index is 0.0724. The van der Waals surface area contributed by atoms with E-state index < -0.39 is 39.2 Å². The van der Waals surface area contributed by atoms with Gasteiger partial charge in [-0.1, -0.05) is 18.2 Å². The summed E-state index contributed by atoms with van der Waals surface area (Å²) in [4.78, 5) is 25.8. The minimum atomic E-state index is -4.17. The molecule has 9 nitrogen and oxygen atoms in total. The number of sulfonamides is 1. The highest BCUT2D eigenvalue weighted by atomic mass is 32.2. The third-order valence-electron chi connectivity index (χ3n) is 4.90. The number of halogens is 1. The lowest BCUT2D eigenvalue weighted by molar-refractivity contribution is -0.121. The number of benzene rings is 2. The van der Waals surface area contributed by atoms with Gasteiger partial charge in [-0.15, -0.1) is 0 Å². The molecule has 33 heavy (non-hydrogen) atoms. The number of rotatable bonds is 8. The summed E-state index contributed by atoms with van der Waals surface area (Å²) in [6.07, 6.45) is 0.0787. The Morgan fingerprint density at radius 1 is 1.15 bits per heavy atom. The number of hydrogen-bond donors (Lipinski definition) is 0. The van der Waals surface area contributed by atoms with Crippen LogP contribution in [0.25, 0.3) is 0 Å². The molecule has 0 aliphatic carbocycles. The molecule has 0 atom stereocenters. The number of amides is 1. The van der Waals surface area contributed by atoms with Gasteiger partial charge in [0.25, 0.3) is 5.91 Å². The number of morpholine rings is 1. The lowest BCUT2D eigenvalue weighted by Gasteiger charge is -2.26. The Labute approximate surface area is 191 Å². The zero-order valence-electron chi connectivity index (χ0n) is 17.6. The summed E-state index contributed by atoms with van der Waals surface area (Å²) in [6.45, 7) is -0.00772. The monoisotopic (exact) mass is 475 g/mol. The van der Waals surface area contributed by atoms with Crippen LogP contribution in [-0.2, 0) is 24.3 Å². The molecule has 1 saturated heterocycles. The van der Waals surface area contributed by atoms with Crippen molar-refractivity contribution in [2.45, 2.75) is 11.3 Å². The highest BCUT2D eigenvalue weighted by Gasteiger charge is 2.30. The molecule has 174 valence electrons. The summed E-state index contributed by atoms with van der Waals surface area (Å²) in [5, 5.41) is 8.86. The molecule has 0 N–H and O–H groups in total. The van der Waals surface area contributed by atoms with Crippen LogP contribution in [0.15, 0.2) is 53.4 Å². The topological polar surface area (TPSA) is 117 Å². The maximum atomic E-state index is 14.3. The predicted molar refractivity (Wildman–Crippen MR) is 115 cm³/mol. The summed E-state index contributed by atoms with van der Waals surface area (Å²) in [6, 6.07) is 13.4. The van der Waals surface area contributed by atoms with Gasteiger partial charge >= 0.3 is 5.97 Å². The molecule has 0 unspecified atom stereocenters. The van der Waals surface area contributed by atoms with Crippen LogP contribution in [0.4, 0.5) is 10.1 Å². The average molecular weight is 475 g/mol. The zero-order chi connectivity index (χ0) is 23.8. The number of ether oxygens (including phenoxy) is 2. The van der Waals surface area contributed by atoms with Crippen molar-refractivity contribution in [1.29, 1.82) is 5.26 Å². The number of nitriles is 1. The Morgan fingerprint density at radius 3 is 2.52 bits per heavy atom. The van der Waals surface area contributed by atoms with Gasteiger partial charge in [-0.3, -0.25) is 4.79 Å². The second-order valence-corrected chi connectivity index (χ2v) is 8.93. The zero-order valence-corrected chi connectivity index (χ0v) is 18.5. The van der Waals surface area contributed by atoms with Crippen molar-refractivity contribution in [2.24, 2.45) is 0 Å². The van der Waals surface area contributed by atoms with Gasteiger partial charge in [-0.25, -0.2) is 17.6 Å². The maximum absolute atomic E-state index is 14.3. The first-order valence-electron chi connectivity index (χ1n) is 10.1. The largest absolute Gasteiger partial charge is 0.452 e. The van der Waals surface area contributed by atoms with Crippen molar-refractivity contribution in [3.05, 3.63) is 59.9 Å². The molecular formula is C22H22FN3O6S. The van der Waals surface area contributed by atoms with Gasteiger partial charge in [0.15, 0.2) is 6.61 Å². The quantitative estimate of drug-likeness (QED) is 0.536. The second-order valence-electron chi connectivity index (χ2n) is 7.03. The minimum Gasteiger partial charge on any atom is -0.452 e. The van der Waals surface area contributed by atoms with Gasteiger partial charge in [0.05, 0.1) is 31.3 Å². The second kappa shape index (κ2) is 11.0. The molecule has 1 heterocycles. The first-order valence-corrected chi connectivity index (χ1v) is 11.6. The fraction of sp³-hybridized carbons (Fsp3) is 0.318. The van der Waals surface area contributed by atoms with E-state index in [0.29, 0.717) is 5.69 Å². The Hall–Kier alpha value is -3.33. The molecule has 0 bridgehead atoms. The van der Waals surface area contributed by atoms with E-state index in [1.165, 1.54) is 4.90 Å². The predicted octanol–water partition coefficient (Wildman–Crippen LogP) is 1.95. The molecule has 0 spiro atoms. The summed E-state index contributed by atoms with van der Waals surface area (Å²) in [7, 11) is -4.17. The highest BCUT2D eigenvalue weighted by molar-refractivity contribution is 7.89. The lowest BCUT2D eigenvalue weighted by atomic mass is 10.2. The number of carbonyl (C=O) groups excluding carboxylic acids is 2. The van der Waals surface area contributed by atoms with E-state index in [2.05, 4.69) is 0 Å². The normalized spacial score (nSPS) is 14.3. The first kappa shape index (κ1) is 24.3. The van der Waals surface area contributed by atoms with Crippen LogP contribution in [0.3, 0.4) is 0 Å². The van der Waals surface area contributed by atoms with Gasteiger partial charge in [0.1, 0.15) is 10.7 Å². The maximum Gasteiger partial charge on any atom is 0.338 e. The molecule has 2 aromatic carbocycles. The number of para-hydroxylation sites is 1. The number of hydrogen-bond acceptors (Lipinski definition) is 7. The number of nitrogens with zero attached hydrogens (tertiary/aromatic N) is 3. The number of carbonyl (C=O) groups is 2. The third-order valence-corrected chi connectivity index (χ3v) is 6.81. The molecule has 3 rings (SSSR count). The molecule has 0 radical (unpaired) electrons. The van der Waals surface area contributed by atoms with E-state index in [0.717, 1.165) is 22.5 Å². The highest BCUT2D eigenvalue weighted by Crippen LogP contribution is 2.22. The van der Waals surface area contributed by atoms with Crippen molar-refractivity contribution in [3.63, 3.8) is 0 Å². The first-order chi connectivity index (χ1) is 15.8. The number of anilines is 1. The van der Waals surface area contributed by atoms with Crippen LogP contribution < -0.4 is 4.90 Å². The van der Waals surface area contributed by atoms with Crippen LogP contribution >= 0.6 is 0 Å². The van der Waals surface area contributed by atoms with Crippen molar-refractivity contribution in [3.8, 4) is 6.07 Å². The van der Waals surface area contributed by atoms with Crippen LogP contribution in [-0.4, -0.2) is 64.1 Å². The fourth-order valence-electron chi connectivity index (χ4n) is 3.21. The average Bonchev–Trinajstić information content (AvgIpc) is 2.84. The Balaban J connectivity index is 1.73. The van der Waals surface area contributed by atoms with Gasteiger partial charge in [0, 0.05) is 25.3 Å². The van der Waals surface area contributed by atoms with Crippen molar-refractivity contribution in [2.75, 3.05) is 44.4 Å².